The number of aryl methyl sites for hydroxylation is 2. The number of hydrogen-bond donors (Lipinski definition) is 2. The van der Waals surface area contributed by atoms with Crippen LogP contribution >= 0.6 is 0 Å². The molecular weight excluding hydrogens is 359 g/mol. The van der Waals surface area contributed by atoms with Crippen molar-refractivity contribution in [2.75, 3.05) is 23.8 Å². The molecule has 0 saturated carbocycles. The fourth-order valence-electron chi connectivity index (χ4n) is 2.22. The Morgan fingerprint density at radius 1 is 1.11 bits per heavy atom. The molecule has 0 aliphatic carbocycles. The quantitative estimate of drug-likeness (QED) is 0.793. The summed E-state index contributed by atoms with van der Waals surface area (Å²) in [6, 6.07) is 11.4. The number of carbonyl (C=O) groups is 1. The summed E-state index contributed by atoms with van der Waals surface area (Å²) in [6.07, 6.45) is -4.49. The van der Waals surface area contributed by atoms with Crippen LogP contribution in [0.5, 0.6) is 5.75 Å². The first-order chi connectivity index (χ1) is 12.7. The van der Waals surface area contributed by atoms with Crippen LogP contribution in [-0.2, 0) is 4.79 Å². The van der Waals surface area contributed by atoms with Crippen molar-refractivity contribution >= 4 is 17.3 Å². The molecule has 5 nitrogen and oxygen atoms in total. The van der Waals surface area contributed by atoms with Crippen molar-refractivity contribution in [3.05, 3.63) is 53.1 Å². The zero-order valence-electron chi connectivity index (χ0n) is 14.8. The molecular formula is C19H18F3N3O2. The fraction of sp³-hybridized carbons (Fsp3) is 0.263. The summed E-state index contributed by atoms with van der Waals surface area (Å²) in [5, 5.41) is 14.6. The zero-order chi connectivity index (χ0) is 20.0. The molecule has 0 unspecified atom stereocenters. The van der Waals surface area contributed by atoms with Crippen molar-refractivity contribution in [2.24, 2.45) is 0 Å². The van der Waals surface area contributed by atoms with Gasteiger partial charge in [0, 0.05) is 11.4 Å². The largest absolute Gasteiger partial charge is 0.483 e. The van der Waals surface area contributed by atoms with Crippen LogP contribution in [0.25, 0.3) is 0 Å². The van der Waals surface area contributed by atoms with Gasteiger partial charge in [-0.15, -0.1) is 0 Å². The van der Waals surface area contributed by atoms with Crippen LogP contribution < -0.4 is 15.4 Å². The maximum Gasteiger partial charge on any atom is 0.422 e. The lowest BCUT2D eigenvalue weighted by molar-refractivity contribution is -0.153. The SMILES string of the molecule is Cc1ccc(NC(=O)CNc2ccc(OCC(F)(F)F)c(C#N)c2)cc1C. The number of alkyl halides is 3. The third kappa shape index (κ3) is 6.22. The molecule has 2 rings (SSSR count). The normalized spacial score (nSPS) is 10.8. The van der Waals surface area contributed by atoms with E-state index in [1.165, 1.54) is 18.2 Å². The van der Waals surface area contributed by atoms with E-state index in [1.807, 2.05) is 26.0 Å². The van der Waals surface area contributed by atoms with Crippen molar-refractivity contribution in [1.29, 1.82) is 5.26 Å². The van der Waals surface area contributed by atoms with E-state index >= 15 is 0 Å². The Balaban J connectivity index is 1.95. The summed E-state index contributed by atoms with van der Waals surface area (Å²) >= 11 is 0. The van der Waals surface area contributed by atoms with Gasteiger partial charge in [-0.05, 0) is 55.3 Å². The minimum Gasteiger partial charge on any atom is -0.483 e. The molecule has 0 radical (unpaired) electrons. The van der Waals surface area contributed by atoms with Gasteiger partial charge in [0.2, 0.25) is 5.91 Å². The number of ether oxygens (including phenoxy) is 1. The van der Waals surface area contributed by atoms with Crippen LogP contribution in [0, 0.1) is 25.2 Å². The second kappa shape index (κ2) is 8.45. The summed E-state index contributed by atoms with van der Waals surface area (Å²) in [6.45, 7) is 2.36. The molecule has 0 saturated heterocycles. The second-order valence-corrected chi connectivity index (χ2v) is 5.93. The number of halogens is 3. The molecule has 142 valence electrons. The van der Waals surface area contributed by atoms with Crippen molar-refractivity contribution in [3.8, 4) is 11.8 Å². The lowest BCUT2D eigenvalue weighted by Crippen LogP contribution is -2.22. The second-order valence-electron chi connectivity index (χ2n) is 5.93. The Bertz CT molecular complexity index is 873. The van der Waals surface area contributed by atoms with Gasteiger partial charge in [-0.3, -0.25) is 4.79 Å². The highest BCUT2D eigenvalue weighted by Gasteiger charge is 2.28. The van der Waals surface area contributed by atoms with Gasteiger partial charge in [-0.25, -0.2) is 0 Å². The highest BCUT2D eigenvalue weighted by molar-refractivity contribution is 5.93. The summed E-state index contributed by atoms with van der Waals surface area (Å²) < 4.78 is 41.3. The summed E-state index contributed by atoms with van der Waals surface area (Å²) in [4.78, 5) is 12.0. The zero-order valence-corrected chi connectivity index (χ0v) is 14.8. The highest BCUT2D eigenvalue weighted by Crippen LogP contribution is 2.24. The highest BCUT2D eigenvalue weighted by atomic mass is 19.4. The summed E-state index contributed by atoms with van der Waals surface area (Å²) in [5.41, 5.74) is 3.19. The molecule has 0 fully saturated rings. The van der Waals surface area contributed by atoms with Gasteiger partial charge in [-0.1, -0.05) is 6.07 Å². The van der Waals surface area contributed by atoms with E-state index in [1.54, 1.807) is 12.1 Å². The van der Waals surface area contributed by atoms with E-state index in [2.05, 4.69) is 15.4 Å². The number of hydrogen-bond acceptors (Lipinski definition) is 4. The van der Waals surface area contributed by atoms with Crippen LogP contribution in [0.15, 0.2) is 36.4 Å². The molecule has 2 aromatic rings. The van der Waals surface area contributed by atoms with Gasteiger partial charge in [0.25, 0.3) is 0 Å². The lowest BCUT2D eigenvalue weighted by Gasteiger charge is -2.12. The molecule has 0 heterocycles. The van der Waals surface area contributed by atoms with Crippen LogP contribution in [0.4, 0.5) is 24.5 Å². The number of rotatable bonds is 6. The van der Waals surface area contributed by atoms with Crippen molar-refractivity contribution < 1.29 is 22.7 Å². The number of amides is 1. The van der Waals surface area contributed by atoms with Gasteiger partial charge in [-0.2, -0.15) is 18.4 Å². The van der Waals surface area contributed by atoms with E-state index in [4.69, 9.17) is 5.26 Å². The Morgan fingerprint density at radius 3 is 2.44 bits per heavy atom. The molecule has 8 heteroatoms. The average Bonchev–Trinajstić information content (AvgIpc) is 2.61. The van der Waals surface area contributed by atoms with E-state index in [9.17, 15) is 18.0 Å². The minimum atomic E-state index is -4.49. The van der Waals surface area contributed by atoms with Crippen molar-refractivity contribution in [3.63, 3.8) is 0 Å². The van der Waals surface area contributed by atoms with Crippen LogP contribution in [0.1, 0.15) is 16.7 Å². The Morgan fingerprint density at radius 2 is 1.81 bits per heavy atom. The Labute approximate surface area is 154 Å². The number of nitrogens with one attached hydrogen (secondary N) is 2. The molecule has 0 aliphatic heterocycles. The Hall–Kier alpha value is -3.21. The first-order valence-corrected chi connectivity index (χ1v) is 8.02. The van der Waals surface area contributed by atoms with E-state index < -0.39 is 12.8 Å². The minimum absolute atomic E-state index is 0.0567. The van der Waals surface area contributed by atoms with Crippen LogP contribution in [0.2, 0.25) is 0 Å². The van der Waals surface area contributed by atoms with Crippen LogP contribution in [-0.4, -0.2) is 25.2 Å². The maximum absolute atomic E-state index is 12.2. The van der Waals surface area contributed by atoms with E-state index in [0.717, 1.165) is 11.1 Å². The van der Waals surface area contributed by atoms with Gasteiger partial charge >= 0.3 is 6.18 Å². The number of nitriles is 1. The third-order valence-electron chi connectivity index (χ3n) is 3.74. The Kier molecular flexibility index (Phi) is 6.29. The van der Waals surface area contributed by atoms with Gasteiger partial charge in [0.1, 0.15) is 11.8 Å². The molecule has 0 aromatic heterocycles. The topological polar surface area (TPSA) is 74.2 Å². The molecule has 27 heavy (non-hydrogen) atoms. The molecule has 2 N–H and O–H groups in total. The summed E-state index contributed by atoms with van der Waals surface area (Å²) in [5.74, 6) is -0.464. The van der Waals surface area contributed by atoms with E-state index in [-0.39, 0.29) is 23.8 Å². The number of benzene rings is 2. The van der Waals surface area contributed by atoms with Crippen LogP contribution in [0.3, 0.4) is 0 Å². The molecule has 0 atom stereocenters. The lowest BCUT2D eigenvalue weighted by atomic mass is 10.1. The predicted molar refractivity (Wildman–Crippen MR) is 95.7 cm³/mol. The van der Waals surface area contributed by atoms with Gasteiger partial charge < -0.3 is 15.4 Å². The van der Waals surface area contributed by atoms with Crippen molar-refractivity contribution in [1.82, 2.24) is 0 Å². The smallest absolute Gasteiger partial charge is 0.422 e. The number of nitrogens with zero attached hydrogens (tertiary/aromatic N) is 1. The molecule has 0 aliphatic rings. The van der Waals surface area contributed by atoms with E-state index in [0.29, 0.717) is 11.4 Å². The van der Waals surface area contributed by atoms with Gasteiger partial charge in [0.05, 0.1) is 12.1 Å². The predicted octanol–water partition coefficient (Wildman–Crippen LogP) is 4.17. The first-order valence-electron chi connectivity index (χ1n) is 8.02. The average molecular weight is 377 g/mol. The molecule has 0 bridgehead atoms. The first kappa shape index (κ1) is 20.1. The third-order valence-corrected chi connectivity index (χ3v) is 3.74. The summed E-state index contributed by atoms with van der Waals surface area (Å²) in [7, 11) is 0. The molecule has 1 amide bonds. The number of anilines is 2. The molecule has 2 aromatic carbocycles. The fourth-order valence-corrected chi connectivity index (χ4v) is 2.22. The number of carbonyl (C=O) groups excluding carboxylic acids is 1. The monoisotopic (exact) mass is 377 g/mol. The maximum atomic E-state index is 12.2. The molecule has 0 spiro atoms. The standard InChI is InChI=1S/C19H18F3N3O2/c1-12-3-4-16(7-13(12)2)25-18(26)10-24-15-5-6-17(14(8-15)9-23)27-11-19(20,21)22/h3-8,24H,10-11H2,1-2H3,(H,25,26). The van der Waals surface area contributed by atoms with Gasteiger partial charge in [0.15, 0.2) is 6.61 Å². The van der Waals surface area contributed by atoms with Crippen molar-refractivity contribution in [2.45, 2.75) is 20.0 Å².